The van der Waals surface area contributed by atoms with Crippen LogP contribution in [-0.2, 0) is 6.54 Å². The maximum Gasteiger partial charge on any atom is 0.251 e. The molecule has 2 heterocycles. The number of aryl methyl sites for hydroxylation is 1. The number of aromatic nitrogens is 3. The highest BCUT2D eigenvalue weighted by molar-refractivity contribution is 5.96. The number of rotatable bonds is 4. The van der Waals surface area contributed by atoms with Crippen molar-refractivity contribution in [1.82, 2.24) is 20.1 Å². The molecule has 0 unspecified atom stereocenters. The first-order valence-electron chi connectivity index (χ1n) is 8.89. The highest BCUT2D eigenvalue weighted by Gasteiger charge is 2.18. The Morgan fingerprint density at radius 2 is 1.78 bits per heavy atom. The highest BCUT2D eigenvalue weighted by atomic mass is 19.1. The number of carbonyl (C=O) groups excluding carboxylic acids is 1. The van der Waals surface area contributed by atoms with Gasteiger partial charge < -0.3 is 5.32 Å². The van der Waals surface area contributed by atoms with Gasteiger partial charge in [0.1, 0.15) is 5.82 Å². The number of pyridine rings is 1. The van der Waals surface area contributed by atoms with E-state index in [1.165, 1.54) is 12.1 Å². The Hall–Kier alpha value is -3.02. The summed E-state index contributed by atoms with van der Waals surface area (Å²) in [7, 11) is 0. The van der Waals surface area contributed by atoms with Gasteiger partial charge in [0.05, 0.1) is 17.1 Å². The van der Waals surface area contributed by atoms with Crippen molar-refractivity contribution >= 4 is 5.91 Å². The molecule has 0 saturated heterocycles. The lowest BCUT2D eigenvalue weighted by molar-refractivity contribution is 0.0919. The van der Waals surface area contributed by atoms with Crippen LogP contribution in [0.15, 0.2) is 48.7 Å². The van der Waals surface area contributed by atoms with E-state index in [4.69, 9.17) is 4.98 Å². The monoisotopic (exact) mass is 366 g/mol. The van der Waals surface area contributed by atoms with Gasteiger partial charge in [-0.25, -0.2) is 9.37 Å². The second kappa shape index (κ2) is 7.31. The molecular formula is C21H23FN4O. The van der Waals surface area contributed by atoms with Gasteiger partial charge in [0, 0.05) is 29.4 Å². The molecule has 140 valence electrons. The van der Waals surface area contributed by atoms with Gasteiger partial charge in [-0.2, -0.15) is 5.10 Å². The smallest absolute Gasteiger partial charge is 0.251 e. The average Bonchev–Trinajstić information content (AvgIpc) is 3.09. The van der Waals surface area contributed by atoms with Crippen LogP contribution >= 0.6 is 0 Å². The third-order valence-electron chi connectivity index (χ3n) is 3.99. The molecule has 1 N–H and O–H groups in total. The number of hydrogen-bond acceptors (Lipinski definition) is 3. The molecule has 1 aromatic carbocycles. The highest BCUT2D eigenvalue weighted by Crippen LogP contribution is 2.25. The maximum absolute atomic E-state index is 13.3. The van der Waals surface area contributed by atoms with E-state index in [9.17, 15) is 9.18 Å². The Morgan fingerprint density at radius 1 is 1.11 bits per heavy atom. The summed E-state index contributed by atoms with van der Waals surface area (Å²) in [6.45, 7) is 8.47. The fraction of sp³-hybridized carbons (Fsp3) is 0.286. The van der Waals surface area contributed by atoms with Gasteiger partial charge in [0.15, 0.2) is 0 Å². The zero-order chi connectivity index (χ0) is 19.6. The molecular weight excluding hydrogens is 343 g/mol. The topological polar surface area (TPSA) is 59.8 Å². The predicted molar refractivity (Wildman–Crippen MR) is 104 cm³/mol. The van der Waals surface area contributed by atoms with Gasteiger partial charge in [-0.3, -0.25) is 9.48 Å². The standard InChI is InChI=1S/C21H23FN4O/c1-5-26-19(10-11-23-26)18-13-15(20(27)25-21(2,3)4)12-17(24-18)14-6-8-16(22)9-7-14/h6-13H,5H2,1-4H3,(H,25,27). The van der Waals surface area contributed by atoms with Crippen LogP contribution in [0.25, 0.3) is 22.6 Å². The Labute approximate surface area is 158 Å². The Kier molecular flexibility index (Phi) is 5.08. The van der Waals surface area contributed by atoms with E-state index in [1.807, 2.05) is 38.4 Å². The van der Waals surface area contributed by atoms with Gasteiger partial charge in [-0.1, -0.05) is 0 Å². The molecule has 5 nitrogen and oxygen atoms in total. The zero-order valence-electron chi connectivity index (χ0n) is 16.0. The number of hydrogen-bond donors (Lipinski definition) is 1. The van der Waals surface area contributed by atoms with E-state index in [-0.39, 0.29) is 17.3 Å². The lowest BCUT2D eigenvalue weighted by atomic mass is 10.0. The number of nitrogens with zero attached hydrogens (tertiary/aromatic N) is 3. The number of carbonyl (C=O) groups is 1. The summed E-state index contributed by atoms with van der Waals surface area (Å²) in [5.74, 6) is -0.498. The first-order valence-corrected chi connectivity index (χ1v) is 8.89. The van der Waals surface area contributed by atoms with Crippen LogP contribution in [0.1, 0.15) is 38.1 Å². The van der Waals surface area contributed by atoms with Crippen molar-refractivity contribution in [2.24, 2.45) is 0 Å². The Balaban J connectivity index is 2.13. The van der Waals surface area contributed by atoms with Crippen LogP contribution in [-0.4, -0.2) is 26.2 Å². The summed E-state index contributed by atoms with van der Waals surface area (Å²) >= 11 is 0. The maximum atomic E-state index is 13.3. The summed E-state index contributed by atoms with van der Waals surface area (Å²) in [4.78, 5) is 17.5. The number of halogens is 1. The summed E-state index contributed by atoms with van der Waals surface area (Å²) in [5, 5.41) is 7.26. The van der Waals surface area contributed by atoms with E-state index >= 15 is 0 Å². The van der Waals surface area contributed by atoms with E-state index in [2.05, 4.69) is 10.4 Å². The van der Waals surface area contributed by atoms with Crippen molar-refractivity contribution in [1.29, 1.82) is 0 Å². The van der Waals surface area contributed by atoms with Gasteiger partial charge in [-0.15, -0.1) is 0 Å². The minimum atomic E-state index is -0.359. The molecule has 0 atom stereocenters. The van der Waals surface area contributed by atoms with E-state index in [0.29, 0.717) is 23.5 Å². The van der Waals surface area contributed by atoms with Crippen LogP contribution in [0.3, 0.4) is 0 Å². The molecule has 0 spiro atoms. The van der Waals surface area contributed by atoms with Gasteiger partial charge in [0.25, 0.3) is 5.91 Å². The summed E-state index contributed by atoms with van der Waals surface area (Å²) in [6.07, 6.45) is 1.71. The largest absolute Gasteiger partial charge is 0.347 e. The summed E-state index contributed by atoms with van der Waals surface area (Å²) in [6, 6.07) is 11.4. The number of nitrogens with one attached hydrogen (secondary N) is 1. The van der Waals surface area contributed by atoms with E-state index in [0.717, 1.165) is 11.3 Å². The van der Waals surface area contributed by atoms with Crippen molar-refractivity contribution in [3.05, 3.63) is 60.0 Å². The van der Waals surface area contributed by atoms with E-state index < -0.39 is 0 Å². The van der Waals surface area contributed by atoms with Crippen LogP contribution in [0.5, 0.6) is 0 Å². The van der Waals surface area contributed by atoms with Gasteiger partial charge in [-0.05, 0) is 70.2 Å². The Bertz CT molecular complexity index is 955. The molecule has 0 saturated carbocycles. The minimum Gasteiger partial charge on any atom is -0.347 e. The molecule has 0 aliphatic heterocycles. The number of benzene rings is 1. The van der Waals surface area contributed by atoms with Crippen LogP contribution in [0.4, 0.5) is 4.39 Å². The summed E-state index contributed by atoms with van der Waals surface area (Å²) < 4.78 is 15.1. The predicted octanol–water partition coefficient (Wildman–Crippen LogP) is 4.30. The van der Waals surface area contributed by atoms with Crippen LogP contribution in [0, 0.1) is 5.82 Å². The van der Waals surface area contributed by atoms with Crippen LogP contribution in [0.2, 0.25) is 0 Å². The molecule has 2 aromatic heterocycles. The third-order valence-corrected chi connectivity index (χ3v) is 3.99. The fourth-order valence-corrected chi connectivity index (χ4v) is 2.78. The fourth-order valence-electron chi connectivity index (χ4n) is 2.78. The molecule has 1 amide bonds. The lowest BCUT2D eigenvalue weighted by Gasteiger charge is -2.21. The average molecular weight is 366 g/mol. The van der Waals surface area contributed by atoms with Crippen LogP contribution < -0.4 is 5.32 Å². The molecule has 0 aliphatic carbocycles. The molecule has 0 radical (unpaired) electrons. The molecule has 27 heavy (non-hydrogen) atoms. The quantitative estimate of drug-likeness (QED) is 0.749. The molecule has 0 fully saturated rings. The van der Waals surface area contributed by atoms with Crippen molar-refractivity contribution in [2.45, 2.75) is 39.8 Å². The molecule has 3 rings (SSSR count). The second-order valence-electron chi connectivity index (χ2n) is 7.37. The van der Waals surface area contributed by atoms with Crippen molar-refractivity contribution in [2.75, 3.05) is 0 Å². The zero-order valence-corrected chi connectivity index (χ0v) is 16.0. The Morgan fingerprint density at radius 3 is 2.41 bits per heavy atom. The normalized spacial score (nSPS) is 11.4. The van der Waals surface area contributed by atoms with Crippen molar-refractivity contribution in [3.63, 3.8) is 0 Å². The van der Waals surface area contributed by atoms with Crippen molar-refractivity contribution in [3.8, 4) is 22.6 Å². The SMILES string of the molecule is CCn1nccc1-c1cc(C(=O)NC(C)(C)C)cc(-c2ccc(F)cc2)n1. The molecule has 6 heteroatoms. The summed E-state index contributed by atoms with van der Waals surface area (Å²) in [5.41, 5.74) is 2.96. The second-order valence-corrected chi connectivity index (χ2v) is 7.37. The first-order chi connectivity index (χ1) is 12.8. The molecule has 0 bridgehead atoms. The minimum absolute atomic E-state index is 0.183. The van der Waals surface area contributed by atoms with Gasteiger partial charge in [0.2, 0.25) is 0 Å². The lowest BCUT2D eigenvalue weighted by Crippen LogP contribution is -2.40. The number of amides is 1. The molecule has 0 aliphatic rings. The first kappa shape index (κ1) is 18.8. The van der Waals surface area contributed by atoms with Crippen molar-refractivity contribution < 1.29 is 9.18 Å². The third kappa shape index (κ3) is 4.39. The van der Waals surface area contributed by atoms with E-state index in [1.54, 1.807) is 30.5 Å². The van der Waals surface area contributed by atoms with Gasteiger partial charge >= 0.3 is 0 Å². The molecule has 3 aromatic rings.